The summed E-state index contributed by atoms with van der Waals surface area (Å²) in [6.07, 6.45) is -0.210. The van der Waals surface area contributed by atoms with Crippen LogP contribution in [-0.4, -0.2) is 25.9 Å². The molecule has 1 N–H and O–H groups in total. The van der Waals surface area contributed by atoms with Crippen LogP contribution in [0.3, 0.4) is 0 Å². The second-order valence-corrected chi connectivity index (χ2v) is 3.99. The summed E-state index contributed by atoms with van der Waals surface area (Å²) in [6, 6.07) is 3.20. The monoisotopic (exact) mass is 271 g/mol. The fourth-order valence-electron chi connectivity index (χ4n) is 1.44. The number of amides is 1. The lowest BCUT2D eigenvalue weighted by Crippen LogP contribution is -2.16. The summed E-state index contributed by atoms with van der Waals surface area (Å²) in [5, 5.41) is 2.90. The quantitative estimate of drug-likeness (QED) is 0.835. The molecule has 0 aliphatic carbocycles. The van der Waals surface area contributed by atoms with E-state index in [2.05, 4.69) is 5.32 Å². The van der Waals surface area contributed by atoms with E-state index in [4.69, 9.17) is 21.1 Å². The molecule has 0 atom stereocenters. The minimum atomic E-state index is -0.443. The predicted molar refractivity (Wildman–Crippen MR) is 68.5 cm³/mol. The maximum Gasteiger partial charge on any atom is 0.232 e. The minimum Gasteiger partial charge on any atom is -0.494 e. The Labute approximate surface area is 110 Å². The first-order valence-corrected chi connectivity index (χ1v) is 5.57. The van der Waals surface area contributed by atoms with Crippen LogP contribution >= 0.6 is 11.6 Å². The Balaban J connectivity index is 3.08. The van der Waals surface area contributed by atoms with Gasteiger partial charge in [-0.1, -0.05) is 11.6 Å². The van der Waals surface area contributed by atoms with Gasteiger partial charge in [-0.3, -0.25) is 9.59 Å². The number of halogens is 1. The largest absolute Gasteiger partial charge is 0.494 e. The third kappa shape index (κ3) is 3.37. The molecular weight excluding hydrogens is 258 g/mol. The smallest absolute Gasteiger partial charge is 0.232 e. The second-order valence-electron chi connectivity index (χ2n) is 3.58. The third-order valence-corrected chi connectivity index (χ3v) is 2.47. The first-order valence-electron chi connectivity index (χ1n) is 5.19. The summed E-state index contributed by atoms with van der Waals surface area (Å²) in [6.45, 7) is 1.34. The van der Waals surface area contributed by atoms with Crippen molar-refractivity contribution < 1.29 is 19.1 Å². The van der Waals surface area contributed by atoms with Crippen molar-refractivity contribution in [1.82, 2.24) is 0 Å². The molecule has 98 valence electrons. The lowest BCUT2D eigenvalue weighted by Gasteiger charge is -2.14. The highest BCUT2D eigenvalue weighted by Crippen LogP contribution is 2.40. The van der Waals surface area contributed by atoms with Gasteiger partial charge in [0.05, 0.1) is 25.7 Å². The number of ketones is 1. The number of Topliss-reactive ketones (excluding diaryl/α,β-unsaturated/α-hetero) is 1. The van der Waals surface area contributed by atoms with E-state index in [0.29, 0.717) is 22.2 Å². The first kappa shape index (κ1) is 14.3. The van der Waals surface area contributed by atoms with Gasteiger partial charge in [-0.2, -0.15) is 0 Å². The molecule has 1 aromatic rings. The van der Waals surface area contributed by atoms with E-state index in [1.54, 1.807) is 12.1 Å². The highest BCUT2D eigenvalue weighted by Gasteiger charge is 2.17. The van der Waals surface area contributed by atoms with Crippen molar-refractivity contribution in [2.45, 2.75) is 13.3 Å². The summed E-state index contributed by atoms with van der Waals surface area (Å²) >= 11 is 5.95. The molecule has 0 saturated heterocycles. The standard InChI is InChI=1S/C12H14ClNO4/c1-7(15)6-10(16)14-11-9(17-2)5-4-8(13)12(11)18-3/h4-5H,6H2,1-3H3,(H,14,16). The topological polar surface area (TPSA) is 64.6 Å². The first-order chi connectivity index (χ1) is 8.49. The van der Waals surface area contributed by atoms with Crippen LogP contribution in [0.5, 0.6) is 11.5 Å². The van der Waals surface area contributed by atoms with Gasteiger partial charge in [0.1, 0.15) is 17.2 Å². The van der Waals surface area contributed by atoms with Gasteiger partial charge in [0.25, 0.3) is 0 Å². The fourth-order valence-corrected chi connectivity index (χ4v) is 1.67. The summed E-state index contributed by atoms with van der Waals surface area (Å²) in [7, 11) is 2.89. The molecule has 6 heteroatoms. The summed E-state index contributed by atoms with van der Waals surface area (Å²) in [5.74, 6) is 0.0369. The molecular formula is C12H14ClNO4. The van der Waals surface area contributed by atoms with E-state index in [9.17, 15) is 9.59 Å². The minimum absolute atomic E-state index is 0.210. The molecule has 1 amide bonds. The van der Waals surface area contributed by atoms with Crippen LogP contribution in [-0.2, 0) is 9.59 Å². The van der Waals surface area contributed by atoms with Crippen LogP contribution in [0.4, 0.5) is 5.69 Å². The molecule has 0 heterocycles. The fraction of sp³-hybridized carbons (Fsp3) is 0.333. The number of methoxy groups -OCH3 is 2. The average molecular weight is 272 g/mol. The zero-order chi connectivity index (χ0) is 13.7. The molecule has 1 rings (SSSR count). The number of anilines is 1. The SMILES string of the molecule is COc1ccc(Cl)c(OC)c1NC(=O)CC(C)=O. The summed E-state index contributed by atoms with van der Waals surface area (Å²) in [4.78, 5) is 22.5. The Morgan fingerprint density at radius 3 is 2.44 bits per heavy atom. The van der Waals surface area contributed by atoms with Crippen LogP contribution in [0, 0.1) is 0 Å². The number of hydrogen-bond donors (Lipinski definition) is 1. The zero-order valence-corrected chi connectivity index (χ0v) is 11.1. The Hall–Kier alpha value is -1.75. The van der Waals surface area contributed by atoms with Gasteiger partial charge >= 0.3 is 0 Å². The van der Waals surface area contributed by atoms with Gasteiger partial charge in [-0.15, -0.1) is 0 Å². The Morgan fingerprint density at radius 1 is 1.28 bits per heavy atom. The van der Waals surface area contributed by atoms with Crippen LogP contribution in [0.15, 0.2) is 12.1 Å². The van der Waals surface area contributed by atoms with Gasteiger partial charge in [0.2, 0.25) is 5.91 Å². The number of benzene rings is 1. The summed E-state index contributed by atoms with van der Waals surface area (Å²) < 4.78 is 10.2. The van der Waals surface area contributed by atoms with E-state index >= 15 is 0 Å². The summed E-state index contributed by atoms with van der Waals surface area (Å²) in [5.41, 5.74) is 0.318. The van der Waals surface area contributed by atoms with Crippen molar-refractivity contribution in [2.75, 3.05) is 19.5 Å². The lowest BCUT2D eigenvalue weighted by molar-refractivity contribution is -0.124. The maximum atomic E-state index is 11.6. The number of carbonyl (C=O) groups is 2. The number of hydrogen-bond acceptors (Lipinski definition) is 4. The Bertz CT molecular complexity index is 473. The Kier molecular flexibility index (Phi) is 4.97. The van der Waals surface area contributed by atoms with Crippen molar-refractivity contribution in [3.8, 4) is 11.5 Å². The third-order valence-electron chi connectivity index (χ3n) is 2.17. The van der Waals surface area contributed by atoms with Crippen LogP contribution in [0.2, 0.25) is 5.02 Å². The van der Waals surface area contributed by atoms with Crippen molar-refractivity contribution in [3.05, 3.63) is 17.2 Å². The molecule has 0 aliphatic heterocycles. The average Bonchev–Trinajstić information content (AvgIpc) is 2.28. The molecule has 18 heavy (non-hydrogen) atoms. The van der Waals surface area contributed by atoms with Crippen molar-refractivity contribution in [2.24, 2.45) is 0 Å². The molecule has 0 aromatic heterocycles. The molecule has 0 fully saturated rings. The molecule has 0 bridgehead atoms. The molecule has 0 spiro atoms. The zero-order valence-electron chi connectivity index (χ0n) is 10.4. The number of rotatable bonds is 5. The van der Waals surface area contributed by atoms with E-state index in [0.717, 1.165) is 0 Å². The maximum absolute atomic E-state index is 11.6. The van der Waals surface area contributed by atoms with Gasteiger partial charge in [-0.25, -0.2) is 0 Å². The van der Waals surface area contributed by atoms with E-state index in [1.807, 2.05) is 0 Å². The molecule has 0 aliphatic rings. The van der Waals surface area contributed by atoms with Crippen molar-refractivity contribution >= 4 is 29.0 Å². The normalized spacial score (nSPS) is 9.78. The van der Waals surface area contributed by atoms with Gasteiger partial charge in [-0.05, 0) is 19.1 Å². The van der Waals surface area contributed by atoms with Crippen LogP contribution < -0.4 is 14.8 Å². The molecule has 5 nitrogen and oxygen atoms in total. The molecule has 1 aromatic carbocycles. The lowest BCUT2D eigenvalue weighted by atomic mass is 10.2. The van der Waals surface area contributed by atoms with Crippen LogP contribution in [0.25, 0.3) is 0 Å². The van der Waals surface area contributed by atoms with E-state index < -0.39 is 5.91 Å². The van der Waals surface area contributed by atoms with Gasteiger partial charge < -0.3 is 14.8 Å². The van der Waals surface area contributed by atoms with E-state index in [-0.39, 0.29) is 12.2 Å². The molecule has 0 radical (unpaired) electrons. The van der Waals surface area contributed by atoms with Crippen LogP contribution in [0.1, 0.15) is 13.3 Å². The van der Waals surface area contributed by atoms with Gasteiger partial charge in [0.15, 0.2) is 5.75 Å². The highest BCUT2D eigenvalue weighted by molar-refractivity contribution is 6.32. The highest BCUT2D eigenvalue weighted by atomic mass is 35.5. The number of carbonyl (C=O) groups excluding carboxylic acids is 2. The Morgan fingerprint density at radius 2 is 1.94 bits per heavy atom. The molecule has 0 saturated carbocycles. The van der Waals surface area contributed by atoms with Crippen molar-refractivity contribution in [3.63, 3.8) is 0 Å². The van der Waals surface area contributed by atoms with Crippen molar-refractivity contribution in [1.29, 1.82) is 0 Å². The van der Waals surface area contributed by atoms with E-state index in [1.165, 1.54) is 21.1 Å². The van der Waals surface area contributed by atoms with Gasteiger partial charge in [0, 0.05) is 0 Å². The predicted octanol–water partition coefficient (Wildman–Crippen LogP) is 2.27. The molecule has 0 unspecified atom stereocenters. The number of nitrogens with one attached hydrogen (secondary N) is 1. The second kappa shape index (κ2) is 6.26. The number of ether oxygens (including phenoxy) is 2.